The largest absolute Gasteiger partial charge is 0.497 e. The average Bonchev–Trinajstić information content (AvgIpc) is 2.72. The van der Waals surface area contributed by atoms with Gasteiger partial charge < -0.3 is 15.0 Å². The molecule has 0 radical (unpaired) electrons. The van der Waals surface area contributed by atoms with Crippen LogP contribution in [0.5, 0.6) is 5.75 Å². The lowest BCUT2D eigenvalue weighted by molar-refractivity contribution is 0.0950. The number of anilines is 1. The molecule has 0 bridgehead atoms. The van der Waals surface area contributed by atoms with E-state index >= 15 is 0 Å². The third kappa shape index (κ3) is 5.40. The first-order chi connectivity index (χ1) is 13.2. The summed E-state index contributed by atoms with van der Waals surface area (Å²) in [5.41, 5.74) is 0.589. The summed E-state index contributed by atoms with van der Waals surface area (Å²) in [6.07, 6.45) is 4.46. The van der Waals surface area contributed by atoms with Crippen molar-refractivity contribution in [1.29, 1.82) is 0 Å². The molecule has 0 saturated carbocycles. The Hall–Kier alpha value is -2.19. The molecule has 0 spiro atoms. The zero-order chi connectivity index (χ0) is 19.1. The van der Waals surface area contributed by atoms with Crippen LogP contribution in [0.15, 0.2) is 41.1 Å². The van der Waals surface area contributed by atoms with Crippen molar-refractivity contribution in [3.63, 3.8) is 0 Å². The number of ether oxygens (including phenoxy) is 1. The fraction of sp³-hybridized carbons (Fsp3) is 0.421. The van der Waals surface area contributed by atoms with Crippen molar-refractivity contribution in [2.24, 2.45) is 0 Å². The third-order valence-corrected chi connectivity index (χ3v) is 5.25. The number of nitrogens with zero attached hydrogens (tertiary/aromatic N) is 4. The minimum atomic E-state index is -0.0909. The van der Waals surface area contributed by atoms with Gasteiger partial charge in [0.1, 0.15) is 5.75 Å². The van der Waals surface area contributed by atoms with E-state index in [1.54, 1.807) is 25.6 Å². The number of benzene rings is 1. The van der Waals surface area contributed by atoms with Crippen molar-refractivity contribution in [2.75, 3.05) is 51.3 Å². The fourth-order valence-corrected chi connectivity index (χ4v) is 3.46. The zero-order valence-corrected chi connectivity index (χ0v) is 17.0. The van der Waals surface area contributed by atoms with Gasteiger partial charge in [-0.25, -0.2) is 9.97 Å². The van der Waals surface area contributed by atoms with E-state index < -0.39 is 0 Å². The minimum absolute atomic E-state index is 0.0909. The summed E-state index contributed by atoms with van der Waals surface area (Å²) in [5, 5.41) is 2.98. The first-order valence-corrected chi connectivity index (χ1v) is 9.83. The van der Waals surface area contributed by atoms with Crippen molar-refractivity contribution in [3.8, 4) is 5.75 Å². The number of carbonyl (C=O) groups is 1. The summed E-state index contributed by atoms with van der Waals surface area (Å²) >= 11 is 3.42. The lowest BCUT2D eigenvalue weighted by atomic mass is 10.2. The molecule has 144 valence electrons. The molecule has 0 atom stereocenters. The first kappa shape index (κ1) is 19.6. The molecule has 1 aromatic carbocycles. The van der Waals surface area contributed by atoms with Gasteiger partial charge in [0.05, 0.1) is 12.7 Å². The van der Waals surface area contributed by atoms with Gasteiger partial charge in [-0.3, -0.25) is 9.69 Å². The topological polar surface area (TPSA) is 70.6 Å². The van der Waals surface area contributed by atoms with Crippen molar-refractivity contribution in [3.05, 3.63) is 46.7 Å². The van der Waals surface area contributed by atoms with E-state index in [0.29, 0.717) is 17.9 Å². The molecule has 2 aromatic rings. The van der Waals surface area contributed by atoms with Gasteiger partial charge in [0, 0.05) is 49.6 Å². The van der Waals surface area contributed by atoms with Crippen molar-refractivity contribution in [1.82, 2.24) is 20.2 Å². The number of aromatic nitrogens is 2. The Morgan fingerprint density at radius 2 is 1.96 bits per heavy atom. The van der Waals surface area contributed by atoms with E-state index in [1.165, 1.54) is 0 Å². The Morgan fingerprint density at radius 1 is 1.22 bits per heavy atom. The van der Waals surface area contributed by atoms with Gasteiger partial charge in [-0.2, -0.15) is 0 Å². The number of hydrogen-bond donors (Lipinski definition) is 1. The molecule has 1 amide bonds. The van der Waals surface area contributed by atoms with Crippen LogP contribution in [0, 0.1) is 0 Å². The molecule has 0 unspecified atom stereocenters. The molecule has 1 fully saturated rings. The Morgan fingerprint density at radius 3 is 2.67 bits per heavy atom. The lowest BCUT2D eigenvalue weighted by Crippen LogP contribution is -2.47. The summed E-state index contributed by atoms with van der Waals surface area (Å²) in [4.78, 5) is 25.6. The molecule has 1 saturated heterocycles. The monoisotopic (exact) mass is 433 g/mol. The zero-order valence-electron chi connectivity index (χ0n) is 15.4. The number of carbonyl (C=O) groups excluding carboxylic acids is 1. The molecule has 1 aliphatic heterocycles. The Bertz CT molecular complexity index is 751. The van der Waals surface area contributed by atoms with Crippen LogP contribution >= 0.6 is 15.9 Å². The normalized spacial score (nSPS) is 14.8. The molecular weight excluding hydrogens is 410 g/mol. The molecule has 1 aromatic heterocycles. The Labute approximate surface area is 167 Å². The predicted molar refractivity (Wildman–Crippen MR) is 108 cm³/mol. The summed E-state index contributed by atoms with van der Waals surface area (Å²) in [5.74, 6) is 1.38. The smallest absolute Gasteiger partial charge is 0.252 e. The molecule has 1 aliphatic rings. The number of nitrogens with one attached hydrogen (secondary N) is 1. The molecule has 7 nitrogen and oxygen atoms in total. The summed E-state index contributed by atoms with van der Waals surface area (Å²) in [7, 11) is 1.59. The highest BCUT2D eigenvalue weighted by Crippen LogP contribution is 2.22. The van der Waals surface area contributed by atoms with Crippen LogP contribution in [0.2, 0.25) is 0 Å². The standard InChI is InChI=1S/C19H24BrN5O2/c1-27-15-4-5-17(20)16(14-15)18(26)21-8-3-9-24-10-12-25(13-11-24)19-22-6-2-7-23-19/h2,4-7,14H,3,8-13H2,1H3,(H,21,26). The molecular formula is C19H24BrN5O2. The highest BCUT2D eigenvalue weighted by molar-refractivity contribution is 9.10. The SMILES string of the molecule is COc1ccc(Br)c(C(=O)NCCCN2CCN(c3ncccn3)CC2)c1. The summed E-state index contributed by atoms with van der Waals surface area (Å²) < 4.78 is 5.95. The van der Waals surface area contributed by atoms with Gasteiger partial charge in [0.15, 0.2) is 0 Å². The highest BCUT2D eigenvalue weighted by Gasteiger charge is 2.18. The summed E-state index contributed by atoms with van der Waals surface area (Å²) in [6, 6.07) is 7.22. The number of hydrogen-bond acceptors (Lipinski definition) is 6. The van der Waals surface area contributed by atoms with E-state index in [0.717, 1.165) is 49.6 Å². The molecule has 2 heterocycles. The number of halogens is 1. The molecule has 3 rings (SSSR count). The second-order valence-corrected chi connectivity index (χ2v) is 7.19. The van der Waals surface area contributed by atoms with Crippen molar-refractivity contribution in [2.45, 2.75) is 6.42 Å². The van der Waals surface area contributed by atoms with Gasteiger partial charge in [0.25, 0.3) is 5.91 Å². The van der Waals surface area contributed by atoms with Gasteiger partial charge in [0.2, 0.25) is 5.95 Å². The number of methoxy groups -OCH3 is 1. The predicted octanol–water partition coefficient (Wildman–Crippen LogP) is 2.19. The maximum Gasteiger partial charge on any atom is 0.252 e. The van der Waals surface area contributed by atoms with Gasteiger partial charge >= 0.3 is 0 Å². The van der Waals surface area contributed by atoms with Crippen LogP contribution in [0.3, 0.4) is 0 Å². The lowest BCUT2D eigenvalue weighted by Gasteiger charge is -2.34. The van der Waals surface area contributed by atoms with Crippen molar-refractivity contribution < 1.29 is 9.53 Å². The van der Waals surface area contributed by atoms with Crippen LogP contribution in [0.25, 0.3) is 0 Å². The second-order valence-electron chi connectivity index (χ2n) is 6.33. The molecule has 27 heavy (non-hydrogen) atoms. The van der Waals surface area contributed by atoms with Crippen LogP contribution in [0.1, 0.15) is 16.8 Å². The molecule has 1 N–H and O–H groups in total. The summed E-state index contributed by atoms with van der Waals surface area (Å²) in [6.45, 7) is 5.41. The quantitative estimate of drug-likeness (QED) is 0.674. The van der Waals surface area contributed by atoms with E-state index in [9.17, 15) is 4.79 Å². The second kappa shape index (κ2) is 9.66. The third-order valence-electron chi connectivity index (χ3n) is 4.56. The maximum atomic E-state index is 12.4. The average molecular weight is 434 g/mol. The van der Waals surface area contributed by atoms with E-state index in [1.807, 2.05) is 18.2 Å². The van der Waals surface area contributed by atoms with E-state index in [-0.39, 0.29) is 5.91 Å². The van der Waals surface area contributed by atoms with Crippen LogP contribution in [-0.4, -0.2) is 67.2 Å². The van der Waals surface area contributed by atoms with Crippen LogP contribution in [-0.2, 0) is 0 Å². The Kier molecular flexibility index (Phi) is 7.00. The first-order valence-electron chi connectivity index (χ1n) is 9.03. The number of rotatable bonds is 7. The van der Waals surface area contributed by atoms with E-state index in [4.69, 9.17) is 4.74 Å². The van der Waals surface area contributed by atoms with Crippen molar-refractivity contribution >= 4 is 27.8 Å². The molecule has 8 heteroatoms. The van der Waals surface area contributed by atoms with Gasteiger partial charge in [-0.05, 0) is 53.2 Å². The fourth-order valence-electron chi connectivity index (χ4n) is 3.03. The number of amides is 1. The van der Waals surface area contributed by atoms with Gasteiger partial charge in [-0.15, -0.1) is 0 Å². The van der Waals surface area contributed by atoms with Gasteiger partial charge in [-0.1, -0.05) is 0 Å². The Balaban J connectivity index is 1.38. The van der Waals surface area contributed by atoms with Crippen LogP contribution < -0.4 is 15.0 Å². The molecule has 0 aliphatic carbocycles. The highest BCUT2D eigenvalue weighted by atomic mass is 79.9. The number of piperazine rings is 1. The maximum absolute atomic E-state index is 12.4. The van der Waals surface area contributed by atoms with E-state index in [2.05, 4.69) is 41.0 Å². The minimum Gasteiger partial charge on any atom is -0.497 e. The van der Waals surface area contributed by atoms with Crippen LogP contribution in [0.4, 0.5) is 5.95 Å².